The van der Waals surface area contributed by atoms with Crippen molar-refractivity contribution in [3.8, 4) is 0 Å². The summed E-state index contributed by atoms with van der Waals surface area (Å²) in [6, 6.07) is 2.61. The van der Waals surface area contributed by atoms with Gasteiger partial charge in [0.25, 0.3) is 5.91 Å². The monoisotopic (exact) mass is 241 g/mol. The maximum atomic E-state index is 13.9. The van der Waals surface area contributed by atoms with Crippen LogP contribution in [0.15, 0.2) is 24.5 Å². The second-order valence-corrected chi connectivity index (χ2v) is 3.86. The zero-order chi connectivity index (χ0) is 12.3. The Morgan fingerprint density at radius 3 is 2.71 bits per heavy atom. The van der Waals surface area contributed by atoms with Crippen molar-refractivity contribution in [2.75, 3.05) is 26.2 Å². The van der Waals surface area contributed by atoms with Crippen LogP contribution in [-0.4, -0.2) is 42.0 Å². The number of hydrogen-bond donors (Lipinski definition) is 1. The van der Waals surface area contributed by atoms with E-state index >= 15 is 0 Å². The lowest BCUT2D eigenvalue weighted by atomic mass is 10.1. The molecule has 1 amide bonds. The van der Waals surface area contributed by atoms with Crippen molar-refractivity contribution in [1.82, 2.24) is 15.2 Å². The number of rotatable bonds is 2. The summed E-state index contributed by atoms with van der Waals surface area (Å²) in [5.41, 5.74) is -0.358. The average molecular weight is 241 g/mol. The number of halogens is 2. The second kappa shape index (κ2) is 4.75. The lowest BCUT2D eigenvalue weighted by Crippen LogP contribution is -2.51. The summed E-state index contributed by atoms with van der Waals surface area (Å²) < 4.78 is 27.8. The molecule has 0 spiro atoms. The Labute approximate surface area is 97.6 Å². The number of aromatic nitrogens is 1. The summed E-state index contributed by atoms with van der Waals surface area (Å²) in [7, 11) is 0. The number of nitrogens with one attached hydrogen (secondary N) is 1. The van der Waals surface area contributed by atoms with Crippen LogP contribution in [0.1, 0.15) is 5.56 Å². The van der Waals surface area contributed by atoms with Gasteiger partial charge in [0.05, 0.1) is 0 Å². The maximum Gasteiger partial charge on any atom is 0.351 e. The van der Waals surface area contributed by atoms with Crippen LogP contribution >= 0.6 is 0 Å². The Morgan fingerprint density at radius 1 is 1.41 bits per heavy atom. The quantitative estimate of drug-likeness (QED) is 0.825. The number of carbonyl (C=O) groups excluding carboxylic acids is 1. The first-order chi connectivity index (χ1) is 8.12. The predicted octanol–water partition coefficient (Wildman–Crippen LogP) is 0.605. The number of carbonyl (C=O) groups is 1. The largest absolute Gasteiger partial charge is 0.351 e. The van der Waals surface area contributed by atoms with Crippen LogP contribution < -0.4 is 5.32 Å². The molecule has 1 saturated heterocycles. The smallest absolute Gasteiger partial charge is 0.335 e. The zero-order valence-electron chi connectivity index (χ0n) is 9.20. The lowest BCUT2D eigenvalue weighted by Gasteiger charge is -2.30. The molecule has 0 aliphatic carbocycles. The van der Waals surface area contributed by atoms with E-state index in [2.05, 4.69) is 10.3 Å². The molecule has 1 N–H and O–H groups in total. The Balaban J connectivity index is 2.17. The highest BCUT2D eigenvalue weighted by atomic mass is 19.3. The number of pyridine rings is 1. The van der Waals surface area contributed by atoms with Gasteiger partial charge in [-0.25, -0.2) is 0 Å². The summed E-state index contributed by atoms with van der Waals surface area (Å²) in [4.78, 5) is 16.5. The number of nitrogens with zero attached hydrogens (tertiary/aromatic N) is 2. The molecule has 6 heteroatoms. The lowest BCUT2D eigenvalue weighted by molar-refractivity contribution is -0.159. The number of amides is 1. The Kier molecular flexibility index (Phi) is 3.33. The number of hydrogen-bond acceptors (Lipinski definition) is 3. The van der Waals surface area contributed by atoms with Gasteiger partial charge in [0.15, 0.2) is 0 Å². The van der Waals surface area contributed by atoms with Gasteiger partial charge >= 0.3 is 5.92 Å². The standard InChI is InChI=1S/C11H13F2N3O/c12-11(13,9-2-1-3-15-8-9)10(17)16-6-4-14-5-7-16/h1-3,8,14H,4-7H2. The van der Waals surface area contributed by atoms with Crippen LogP contribution in [0.5, 0.6) is 0 Å². The van der Waals surface area contributed by atoms with Crippen molar-refractivity contribution < 1.29 is 13.6 Å². The van der Waals surface area contributed by atoms with Crippen LogP contribution in [0.25, 0.3) is 0 Å². The van der Waals surface area contributed by atoms with Crippen molar-refractivity contribution in [2.45, 2.75) is 5.92 Å². The molecule has 2 heterocycles. The molecule has 92 valence electrons. The summed E-state index contributed by atoms with van der Waals surface area (Å²) >= 11 is 0. The maximum absolute atomic E-state index is 13.9. The fourth-order valence-corrected chi connectivity index (χ4v) is 1.74. The number of alkyl halides is 2. The summed E-state index contributed by atoms with van der Waals surface area (Å²) in [6.45, 7) is 1.73. The van der Waals surface area contributed by atoms with Crippen molar-refractivity contribution in [3.63, 3.8) is 0 Å². The summed E-state index contributed by atoms with van der Waals surface area (Å²) in [6.07, 6.45) is 2.43. The molecule has 1 fully saturated rings. The van der Waals surface area contributed by atoms with Gasteiger partial charge in [-0.05, 0) is 12.1 Å². The molecule has 0 saturated carbocycles. The van der Waals surface area contributed by atoms with Crippen LogP contribution in [0.2, 0.25) is 0 Å². The van der Waals surface area contributed by atoms with E-state index in [9.17, 15) is 13.6 Å². The highest BCUT2D eigenvalue weighted by Crippen LogP contribution is 2.29. The predicted molar refractivity (Wildman–Crippen MR) is 57.6 cm³/mol. The van der Waals surface area contributed by atoms with E-state index in [1.54, 1.807) is 0 Å². The molecule has 0 aromatic carbocycles. The molecule has 0 atom stereocenters. The van der Waals surface area contributed by atoms with E-state index in [0.717, 1.165) is 6.20 Å². The van der Waals surface area contributed by atoms with E-state index in [4.69, 9.17) is 0 Å². The summed E-state index contributed by atoms with van der Waals surface area (Å²) in [5, 5.41) is 3.01. The van der Waals surface area contributed by atoms with Crippen molar-refractivity contribution in [3.05, 3.63) is 30.1 Å². The Hall–Kier alpha value is -1.56. The minimum absolute atomic E-state index is 0.314. The van der Waals surface area contributed by atoms with Gasteiger partial charge in [0.1, 0.15) is 0 Å². The van der Waals surface area contributed by atoms with Gasteiger partial charge in [0, 0.05) is 44.1 Å². The zero-order valence-corrected chi connectivity index (χ0v) is 9.20. The van der Waals surface area contributed by atoms with Crippen molar-refractivity contribution >= 4 is 5.91 Å². The fourth-order valence-electron chi connectivity index (χ4n) is 1.74. The van der Waals surface area contributed by atoms with Crippen molar-refractivity contribution in [2.24, 2.45) is 0 Å². The van der Waals surface area contributed by atoms with Crippen LogP contribution in [0.3, 0.4) is 0 Å². The van der Waals surface area contributed by atoms with E-state index in [1.807, 2.05) is 0 Å². The van der Waals surface area contributed by atoms with Crippen LogP contribution in [0.4, 0.5) is 8.78 Å². The highest BCUT2D eigenvalue weighted by molar-refractivity contribution is 5.84. The summed E-state index contributed by atoms with van der Waals surface area (Å²) in [5.74, 6) is -4.64. The van der Waals surface area contributed by atoms with Crippen LogP contribution in [0, 0.1) is 0 Å². The number of piperazine rings is 1. The molecule has 17 heavy (non-hydrogen) atoms. The molecular weight excluding hydrogens is 228 g/mol. The Bertz CT molecular complexity index is 391. The van der Waals surface area contributed by atoms with E-state index in [1.165, 1.54) is 23.2 Å². The third-order valence-corrected chi connectivity index (χ3v) is 2.70. The van der Waals surface area contributed by atoms with E-state index in [0.29, 0.717) is 26.2 Å². The van der Waals surface area contributed by atoms with Crippen LogP contribution in [-0.2, 0) is 10.7 Å². The van der Waals surface area contributed by atoms with Gasteiger partial charge in [-0.15, -0.1) is 0 Å². The molecule has 2 rings (SSSR count). The highest BCUT2D eigenvalue weighted by Gasteiger charge is 2.44. The normalized spacial score (nSPS) is 16.9. The molecule has 0 radical (unpaired) electrons. The van der Waals surface area contributed by atoms with Gasteiger partial charge in [-0.1, -0.05) is 0 Å². The first-order valence-electron chi connectivity index (χ1n) is 5.41. The molecular formula is C11H13F2N3O. The van der Waals surface area contributed by atoms with Gasteiger partial charge in [-0.3, -0.25) is 9.78 Å². The fraction of sp³-hybridized carbons (Fsp3) is 0.455. The third kappa shape index (κ3) is 2.41. The molecule has 0 unspecified atom stereocenters. The molecule has 1 aromatic rings. The van der Waals surface area contributed by atoms with Gasteiger partial charge in [-0.2, -0.15) is 8.78 Å². The first kappa shape index (κ1) is 11.9. The van der Waals surface area contributed by atoms with Gasteiger partial charge in [0.2, 0.25) is 0 Å². The average Bonchev–Trinajstić information content (AvgIpc) is 2.40. The topological polar surface area (TPSA) is 45.2 Å². The molecule has 1 aliphatic heterocycles. The van der Waals surface area contributed by atoms with E-state index in [-0.39, 0.29) is 5.56 Å². The second-order valence-electron chi connectivity index (χ2n) is 3.86. The van der Waals surface area contributed by atoms with E-state index < -0.39 is 11.8 Å². The molecule has 4 nitrogen and oxygen atoms in total. The minimum Gasteiger partial charge on any atom is -0.335 e. The van der Waals surface area contributed by atoms with Crippen molar-refractivity contribution in [1.29, 1.82) is 0 Å². The molecule has 1 aromatic heterocycles. The molecule has 1 aliphatic rings. The molecule has 0 bridgehead atoms. The Morgan fingerprint density at radius 2 is 2.12 bits per heavy atom. The minimum atomic E-state index is -3.49. The van der Waals surface area contributed by atoms with Gasteiger partial charge < -0.3 is 10.2 Å². The SMILES string of the molecule is O=C(N1CCNCC1)C(F)(F)c1cccnc1. The first-order valence-corrected chi connectivity index (χ1v) is 5.41. The third-order valence-electron chi connectivity index (χ3n) is 2.70.